The maximum atomic E-state index is 11.9. The number of alkyl halides is 1. The van der Waals surface area contributed by atoms with Crippen LogP contribution < -0.4 is 5.73 Å². The van der Waals surface area contributed by atoms with Crippen LogP contribution in [0.3, 0.4) is 0 Å². The monoisotopic (exact) mass is 248 g/mol. The second-order valence-corrected chi connectivity index (χ2v) is 4.20. The van der Waals surface area contributed by atoms with Gasteiger partial charge >= 0.3 is 0 Å². The Labute approximate surface area is 106 Å². The summed E-state index contributed by atoms with van der Waals surface area (Å²) in [6, 6.07) is 7.46. The van der Waals surface area contributed by atoms with Crippen LogP contribution in [0.4, 0.5) is 10.1 Å². The summed E-state index contributed by atoms with van der Waals surface area (Å²) in [5.41, 5.74) is 7.30. The molecule has 0 aliphatic heterocycles. The molecular weight excluding hydrogens is 231 g/mol. The Morgan fingerprint density at radius 3 is 2.61 bits per heavy atom. The standard InChI is InChI=1S/C13H17FN4/c14-8-2-1-3-9-18-10-16-13(17-18)11-4-6-12(15)7-5-11/h4-7,10H,1-3,8-9,15H2. The van der Waals surface area contributed by atoms with E-state index in [4.69, 9.17) is 5.73 Å². The minimum absolute atomic E-state index is 0.242. The first-order valence-corrected chi connectivity index (χ1v) is 6.11. The van der Waals surface area contributed by atoms with Gasteiger partial charge in [-0.1, -0.05) is 0 Å². The van der Waals surface area contributed by atoms with E-state index in [1.165, 1.54) is 0 Å². The zero-order chi connectivity index (χ0) is 12.8. The lowest BCUT2D eigenvalue weighted by atomic mass is 10.2. The van der Waals surface area contributed by atoms with E-state index >= 15 is 0 Å². The van der Waals surface area contributed by atoms with Crippen LogP contribution in [-0.2, 0) is 6.54 Å². The number of nitrogen functional groups attached to an aromatic ring is 1. The fraction of sp³-hybridized carbons (Fsp3) is 0.385. The molecule has 96 valence electrons. The molecule has 0 saturated heterocycles. The smallest absolute Gasteiger partial charge is 0.181 e. The van der Waals surface area contributed by atoms with E-state index in [1.807, 2.05) is 24.3 Å². The first kappa shape index (κ1) is 12.5. The third-order valence-electron chi connectivity index (χ3n) is 2.73. The van der Waals surface area contributed by atoms with Gasteiger partial charge in [0.2, 0.25) is 0 Å². The van der Waals surface area contributed by atoms with Gasteiger partial charge in [-0.15, -0.1) is 0 Å². The highest BCUT2D eigenvalue weighted by Crippen LogP contribution is 2.15. The molecule has 0 saturated carbocycles. The lowest BCUT2D eigenvalue weighted by Crippen LogP contribution is -1.99. The summed E-state index contributed by atoms with van der Waals surface area (Å²) >= 11 is 0. The Kier molecular flexibility index (Phi) is 4.28. The summed E-state index contributed by atoms with van der Waals surface area (Å²) in [6.07, 6.45) is 4.14. The fourth-order valence-electron chi connectivity index (χ4n) is 1.71. The SMILES string of the molecule is Nc1ccc(-c2ncn(CCCCCF)n2)cc1. The Bertz CT molecular complexity index is 478. The molecule has 1 aromatic carbocycles. The van der Waals surface area contributed by atoms with Crippen LogP contribution in [0.2, 0.25) is 0 Å². The lowest BCUT2D eigenvalue weighted by Gasteiger charge is -1.99. The Hall–Kier alpha value is -1.91. The molecule has 0 aliphatic carbocycles. The number of unbranched alkanes of at least 4 members (excludes halogenated alkanes) is 2. The number of benzene rings is 1. The van der Waals surface area contributed by atoms with Gasteiger partial charge < -0.3 is 5.73 Å². The highest BCUT2D eigenvalue weighted by atomic mass is 19.1. The van der Waals surface area contributed by atoms with Gasteiger partial charge in [-0.05, 0) is 43.5 Å². The van der Waals surface area contributed by atoms with E-state index in [0.29, 0.717) is 12.2 Å². The zero-order valence-electron chi connectivity index (χ0n) is 10.2. The molecule has 0 spiro atoms. The average molecular weight is 248 g/mol. The molecule has 5 heteroatoms. The number of halogens is 1. The maximum absolute atomic E-state index is 11.9. The second-order valence-electron chi connectivity index (χ2n) is 4.20. The summed E-state index contributed by atoms with van der Waals surface area (Å²) < 4.78 is 13.7. The van der Waals surface area contributed by atoms with Crippen molar-refractivity contribution in [3.63, 3.8) is 0 Å². The van der Waals surface area contributed by atoms with Crippen molar-refractivity contribution in [2.75, 3.05) is 12.4 Å². The van der Waals surface area contributed by atoms with E-state index in [1.54, 1.807) is 11.0 Å². The molecule has 0 radical (unpaired) electrons. The van der Waals surface area contributed by atoms with Crippen molar-refractivity contribution in [1.82, 2.24) is 14.8 Å². The van der Waals surface area contributed by atoms with Crippen molar-refractivity contribution < 1.29 is 4.39 Å². The molecule has 0 unspecified atom stereocenters. The van der Waals surface area contributed by atoms with Crippen LogP contribution >= 0.6 is 0 Å². The minimum atomic E-state index is -0.242. The number of hydrogen-bond donors (Lipinski definition) is 1. The largest absolute Gasteiger partial charge is 0.399 e. The van der Waals surface area contributed by atoms with Gasteiger partial charge in [0.25, 0.3) is 0 Å². The highest BCUT2D eigenvalue weighted by Gasteiger charge is 2.03. The molecule has 4 nitrogen and oxygen atoms in total. The normalized spacial score (nSPS) is 10.7. The predicted octanol–water partition coefficient (Wildman–Crippen LogP) is 2.67. The number of aromatic nitrogens is 3. The summed E-state index contributed by atoms with van der Waals surface area (Å²) in [6.45, 7) is 0.538. The Morgan fingerprint density at radius 2 is 1.89 bits per heavy atom. The molecule has 0 bridgehead atoms. The van der Waals surface area contributed by atoms with Gasteiger partial charge in [0.05, 0.1) is 6.67 Å². The van der Waals surface area contributed by atoms with Gasteiger partial charge in [0, 0.05) is 17.8 Å². The van der Waals surface area contributed by atoms with Crippen LogP contribution in [0.15, 0.2) is 30.6 Å². The third kappa shape index (κ3) is 3.29. The van der Waals surface area contributed by atoms with E-state index in [2.05, 4.69) is 10.1 Å². The molecule has 2 aromatic rings. The summed E-state index contributed by atoms with van der Waals surface area (Å²) in [7, 11) is 0. The molecule has 1 heterocycles. The van der Waals surface area contributed by atoms with E-state index in [9.17, 15) is 4.39 Å². The Morgan fingerprint density at radius 1 is 1.11 bits per heavy atom. The Balaban J connectivity index is 1.95. The summed E-state index contributed by atoms with van der Waals surface area (Å²) in [5.74, 6) is 0.695. The number of aryl methyl sites for hydroxylation is 1. The highest BCUT2D eigenvalue weighted by molar-refractivity contribution is 5.57. The number of anilines is 1. The zero-order valence-corrected chi connectivity index (χ0v) is 10.2. The first-order valence-electron chi connectivity index (χ1n) is 6.11. The first-order chi connectivity index (χ1) is 8.79. The van der Waals surface area contributed by atoms with Crippen molar-refractivity contribution in [2.45, 2.75) is 25.8 Å². The quantitative estimate of drug-likeness (QED) is 0.631. The molecule has 2 N–H and O–H groups in total. The van der Waals surface area contributed by atoms with E-state index in [-0.39, 0.29) is 6.67 Å². The number of nitrogens with zero attached hydrogens (tertiary/aromatic N) is 3. The maximum Gasteiger partial charge on any atom is 0.181 e. The van der Waals surface area contributed by atoms with Crippen molar-refractivity contribution >= 4 is 5.69 Å². The van der Waals surface area contributed by atoms with Crippen LogP contribution in [-0.4, -0.2) is 21.4 Å². The molecule has 2 rings (SSSR count). The molecule has 0 atom stereocenters. The molecule has 1 aromatic heterocycles. The summed E-state index contributed by atoms with van der Waals surface area (Å²) in [5, 5.41) is 4.38. The van der Waals surface area contributed by atoms with Gasteiger partial charge in [-0.3, -0.25) is 9.07 Å². The van der Waals surface area contributed by atoms with Crippen molar-refractivity contribution in [3.8, 4) is 11.4 Å². The van der Waals surface area contributed by atoms with Crippen LogP contribution in [0.1, 0.15) is 19.3 Å². The molecular formula is C13H17FN4. The lowest BCUT2D eigenvalue weighted by molar-refractivity contribution is 0.443. The predicted molar refractivity (Wildman–Crippen MR) is 69.7 cm³/mol. The van der Waals surface area contributed by atoms with Gasteiger partial charge in [-0.2, -0.15) is 5.10 Å². The number of rotatable bonds is 6. The topological polar surface area (TPSA) is 56.7 Å². The van der Waals surface area contributed by atoms with Gasteiger partial charge in [-0.25, -0.2) is 4.98 Å². The minimum Gasteiger partial charge on any atom is -0.399 e. The van der Waals surface area contributed by atoms with Crippen LogP contribution in [0, 0.1) is 0 Å². The van der Waals surface area contributed by atoms with Crippen LogP contribution in [0.25, 0.3) is 11.4 Å². The van der Waals surface area contributed by atoms with Crippen molar-refractivity contribution in [3.05, 3.63) is 30.6 Å². The molecule has 0 aliphatic rings. The van der Waals surface area contributed by atoms with Crippen LogP contribution in [0.5, 0.6) is 0 Å². The van der Waals surface area contributed by atoms with Gasteiger partial charge in [0.15, 0.2) is 5.82 Å². The average Bonchev–Trinajstić information content (AvgIpc) is 2.84. The molecule has 0 amide bonds. The second kappa shape index (κ2) is 6.14. The third-order valence-corrected chi connectivity index (χ3v) is 2.73. The van der Waals surface area contributed by atoms with Crippen molar-refractivity contribution in [1.29, 1.82) is 0 Å². The summed E-state index contributed by atoms with van der Waals surface area (Å²) in [4.78, 5) is 4.25. The molecule has 18 heavy (non-hydrogen) atoms. The van der Waals surface area contributed by atoms with Gasteiger partial charge in [0.1, 0.15) is 6.33 Å². The molecule has 0 fully saturated rings. The van der Waals surface area contributed by atoms with E-state index < -0.39 is 0 Å². The number of hydrogen-bond acceptors (Lipinski definition) is 3. The van der Waals surface area contributed by atoms with E-state index in [0.717, 1.165) is 30.6 Å². The van der Waals surface area contributed by atoms with Crippen molar-refractivity contribution in [2.24, 2.45) is 0 Å². The fourth-order valence-corrected chi connectivity index (χ4v) is 1.71. The number of nitrogens with two attached hydrogens (primary N) is 1.